The molecular formula is C22H26BNO3. The van der Waals surface area contributed by atoms with Crippen LogP contribution in [0.1, 0.15) is 50.4 Å². The van der Waals surface area contributed by atoms with E-state index >= 15 is 0 Å². The smallest absolute Gasteiger partial charge is 0.399 e. The molecule has 2 aromatic carbocycles. The van der Waals surface area contributed by atoms with E-state index in [9.17, 15) is 4.79 Å². The molecule has 27 heavy (non-hydrogen) atoms. The molecule has 2 aromatic rings. The number of rotatable bonds is 2. The zero-order valence-corrected chi connectivity index (χ0v) is 16.7. The van der Waals surface area contributed by atoms with Crippen molar-refractivity contribution < 1.29 is 14.1 Å². The van der Waals surface area contributed by atoms with Crippen LogP contribution in [-0.4, -0.2) is 36.2 Å². The van der Waals surface area contributed by atoms with Gasteiger partial charge >= 0.3 is 7.12 Å². The summed E-state index contributed by atoms with van der Waals surface area (Å²) < 4.78 is 12.5. The van der Waals surface area contributed by atoms with E-state index in [-0.39, 0.29) is 23.2 Å². The molecule has 2 heterocycles. The molecule has 1 fully saturated rings. The predicted molar refractivity (Wildman–Crippen MR) is 107 cm³/mol. The van der Waals surface area contributed by atoms with Crippen LogP contribution in [0.2, 0.25) is 0 Å². The minimum Gasteiger partial charge on any atom is -0.399 e. The van der Waals surface area contributed by atoms with E-state index in [1.165, 1.54) is 0 Å². The number of hydrogen-bond donors (Lipinski definition) is 0. The van der Waals surface area contributed by atoms with E-state index in [4.69, 9.17) is 9.31 Å². The molecule has 140 valence electrons. The van der Waals surface area contributed by atoms with E-state index in [0.717, 1.165) is 22.2 Å². The molecule has 0 saturated carbocycles. The lowest BCUT2D eigenvalue weighted by Crippen LogP contribution is -2.41. The Balaban J connectivity index is 1.76. The third kappa shape index (κ3) is 2.99. The lowest BCUT2D eigenvalue weighted by molar-refractivity contribution is -0.131. The maximum Gasteiger partial charge on any atom is 0.494 e. The number of fused-ring (bicyclic) bond motifs is 1. The van der Waals surface area contributed by atoms with Crippen LogP contribution in [0, 0.1) is 0 Å². The first-order valence-corrected chi connectivity index (χ1v) is 9.48. The molecule has 0 radical (unpaired) electrons. The largest absolute Gasteiger partial charge is 0.494 e. The highest BCUT2D eigenvalue weighted by Gasteiger charge is 2.52. The van der Waals surface area contributed by atoms with E-state index < -0.39 is 7.12 Å². The Morgan fingerprint density at radius 2 is 1.63 bits per heavy atom. The minimum atomic E-state index is -0.403. The quantitative estimate of drug-likeness (QED) is 0.770. The van der Waals surface area contributed by atoms with Crippen LogP contribution < -0.4 is 5.46 Å². The highest BCUT2D eigenvalue weighted by molar-refractivity contribution is 6.62. The van der Waals surface area contributed by atoms with Crippen molar-refractivity contribution in [2.75, 3.05) is 7.05 Å². The molecule has 5 heteroatoms. The summed E-state index contributed by atoms with van der Waals surface area (Å²) in [6.45, 7) is 8.24. The van der Waals surface area contributed by atoms with Gasteiger partial charge in [-0.2, -0.15) is 0 Å². The van der Waals surface area contributed by atoms with Crippen LogP contribution in [0.25, 0.3) is 0 Å². The summed E-state index contributed by atoms with van der Waals surface area (Å²) in [4.78, 5) is 14.4. The Hall–Kier alpha value is -2.11. The van der Waals surface area contributed by atoms with Crippen molar-refractivity contribution in [3.63, 3.8) is 0 Å². The molecular weight excluding hydrogens is 337 g/mol. The van der Waals surface area contributed by atoms with Crippen molar-refractivity contribution in [1.82, 2.24) is 4.90 Å². The molecule has 0 N–H and O–H groups in total. The maximum absolute atomic E-state index is 12.5. The molecule has 2 aliphatic rings. The van der Waals surface area contributed by atoms with Crippen molar-refractivity contribution in [3.05, 3.63) is 65.2 Å². The van der Waals surface area contributed by atoms with Crippen molar-refractivity contribution in [2.45, 2.75) is 51.4 Å². The second-order valence-electron chi connectivity index (χ2n) is 8.54. The topological polar surface area (TPSA) is 38.8 Å². The minimum absolute atomic E-state index is 0.0928. The summed E-state index contributed by atoms with van der Waals surface area (Å²) in [5.41, 5.74) is 3.58. The first-order chi connectivity index (χ1) is 12.7. The first kappa shape index (κ1) is 18.3. The summed E-state index contributed by atoms with van der Waals surface area (Å²) in [6.07, 6.45) is 0.429. The average molecular weight is 363 g/mol. The average Bonchev–Trinajstić information content (AvgIpc) is 2.84. The second-order valence-corrected chi connectivity index (χ2v) is 8.54. The van der Waals surface area contributed by atoms with Gasteiger partial charge in [0.25, 0.3) is 0 Å². The predicted octanol–water partition coefficient (Wildman–Crippen LogP) is 3.09. The maximum atomic E-state index is 12.5. The molecule has 0 bridgehead atoms. The normalized spacial score (nSPS) is 23.4. The Morgan fingerprint density at radius 3 is 2.26 bits per heavy atom. The molecule has 1 atom stereocenters. The van der Waals surface area contributed by atoms with Gasteiger partial charge in [-0.05, 0) is 49.8 Å². The van der Waals surface area contributed by atoms with Crippen molar-refractivity contribution in [1.29, 1.82) is 0 Å². The van der Waals surface area contributed by atoms with Crippen molar-refractivity contribution in [2.24, 2.45) is 0 Å². The fourth-order valence-corrected chi connectivity index (χ4v) is 3.83. The van der Waals surface area contributed by atoms with Gasteiger partial charge < -0.3 is 14.2 Å². The monoisotopic (exact) mass is 363 g/mol. The van der Waals surface area contributed by atoms with Crippen LogP contribution in [0.5, 0.6) is 0 Å². The van der Waals surface area contributed by atoms with Crippen LogP contribution in [0.3, 0.4) is 0 Å². The van der Waals surface area contributed by atoms with E-state index in [1.807, 2.05) is 36.2 Å². The highest BCUT2D eigenvalue weighted by atomic mass is 16.7. The van der Waals surface area contributed by atoms with Crippen LogP contribution in [0.15, 0.2) is 48.5 Å². The Morgan fingerprint density at radius 1 is 1.00 bits per heavy atom. The van der Waals surface area contributed by atoms with Gasteiger partial charge in [-0.15, -0.1) is 0 Å². The summed E-state index contributed by atoms with van der Waals surface area (Å²) in [5, 5.41) is 0. The van der Waals surface area contributed by atoms with Crippen LogP contribution in [0.4, 0.5) is 0 Å². The van der Waals surface area contributed by atoms with Gasteiger partial charge in [-0.1, -0.05) is 48.5 Å². The molecule has 1 saturated heterocycles. The third-order valence-electron chi connectivity index (χ3n) is 6.23. The standard InChI is InChI=1S/C22H26BNO3/c1-21(2)22(3,4)27-23(26-21)17-12-11-16-13-19(25)24(5)20(18(16)14-17)15-9-7-6-8-10-15/h6-12,14,20H,13H2,1-5H3. The first-order valence-electron chi connectivity index (χ1n) is 9.48. The van der Waals surface area contributed by atoms with Gasteiger partial charge in [-0.25, -0.2) is 0 Å². The van der Waals surface area contributed by atoms with Crippen molar-refractivity contribution >= 4 is 18.5 Å². The molecule has 2 aliphatic heterocycles. The summed E-state index contributed by atoms with van der Waals surface area (Å²) in [6, 6.07) is 16.3. The van der Waals surface area contributed by atoms with Gasteiger partial charge in [0.15, 0.2) is 0 Å². The van der Waals surface area contributed by atoms with Crippen LogP contribution >= 0.6 is 0 Å². The molecule has 1 unspecified atom stereocenters. The van der Waals surface area contributed by atoms with Gasteiger partial charge in [0.1, 0.15) is 0 Å². The van der Waals surface area contributed by atoms with Gasteiger partial charge in [0.05, 0.1) is 23.7 Å². The number of carbonyl (C=O) groups is 1. The molecule has 0 aliphatic carbocycles. The number of carbonyl (C=O) groups excluding carboxylic acids is 1. The van der Waals surface area contributed by atoms with Gasteiger partial charge in [0, 0.05) is 7.05 Å². The molecule has 4 rings (SSSR count). The molecule has 0 aromatic heterocycles. The fourth-order valence-electron chi connectivity index (χ4n) is 3.83. The summed E-state index contributed by atoms with van der Waals surface area (Å²) in [7, 11) is 1.48. The number of likely N-dealkylation sites (N-methyl/N-ethyl adjacent to an activating group) is 1. The fraction of sp³-hybridized carbons (Fsp3) is 0.409. The van der Waals surface area contributed by atoms with Gasteiger partial charge in [-0.3, -0.25) is 4.79 Å². The molecule has 0 spiro atoms. The number of hydrogen-bond acceptors (Lipinski definition) is 3. The molecule has 1 amide bonds. The summed E-state index contributed by atoms with van der Waals surface area (Å²) in [5.74, 6) is 0.139. The Bertz CT molecular complexity index is 862. The number of benzene rings is 2. The van der Waals surface area contributed by atoms with Crippen molar-refractivity contribution in [3.8, 4) is 0 Å². The Labute approximate surface area is 161 Å². The summed E-state index contributed by atoms with van der Waals surface area (Å²) >= 11 is 0. The SMILES string of the molecule is CN1C(=O)Cc2ccc(B3OC(C)(C)C(C)(C)O3)cc2C1c1ccccc1. The second kappa shape index (κ2) is 6.21. The van der Waals surface area contributed by atoms with Gasteiger partial charge in [0.2, 0.25) is 5.91 Å². The zero-order valence-electron chi connectivity index (χ0n) is 16.7. The highest BCUT2D eigenvalue weighted by Crippen LogP contribution is 2.38. The van der Waals surface area contributed by atoms with E-state index in [2.05, 4.69) is 52.0 Å². The number of amides is 1. The molecule has 4 nitrogen and oxygen atoms in total. The zero-order chi connectivity index (χ0) is 19.4. The Kier molecular flexibility index (Phi) is 4.20. The third-order valence-corrected chi connectivity index (χ3v) is 6.23. The lowest BCUT2D eigenvalue weighted by Gasteiger charge is -2.35. The number of nitrogens with zero attached hydrogens (tertiary/aromatic N) is 1. The van der Waals surface area contributed by atoms with E-state index in [1.54, 1.807) is 0 Å². The lowest BCUT2D eigenvalue weighted by atomic mass is 9.75. The van der Waals surface area contributed by atoms with Crippen LogP contribution in [-0.2, 0) is 20.5 Å². The van der Waals surface area contributed by atoms with E-state index in [0.29, 0.717) is 6.42 Å².